The zero-order valence-corrected chi connectivity index (χ0v) is 12.9. The maximum atomic E-state index is 4.48. The van der Waals surface area contributed by atoms with Crippen LogP contribution in [0.15, 0.2) is 30.5 Å². The maximum absolute atomic E-state index is 4.48. The molecule has 0 spiro atoms. The molecule has 1 unspecified atom stereocenters. The van der Waals surface area contributed by atoms with Gasteiger partial charge in [0.15, 0.2) is 0 Å². The molecule has 2 heterocycles. The minimum atomic E-state index is 0.417. The first-order chi connectivity index (χ1) is 9.86. The summed E-state index contributed by atoms with van der Waals surface area (Å²) in [5, 5.41) is 3.69. The summed E-state index contributed by atoms with van der Waals surface area (Å²) in [6.07, 6.45) is 7.94. The van der Waals surface area contributed by atoms with Crippen LogP contribution in [0, 0.1) is 0 Å². The number of aryl methyl sites for hydroxylation is 2. The highest BCUT2D eigenvalue weighted by Gasteiger charge is 2.20. The van der Waals surface area contributed by atoms with E-state index in [4.69, 9.17) is 0 Å². The van der Waals surface area contributed by atoms with Gasteiger partial charge in [-0.15, -0.1) is 11.3 Å². The number of thiophene rings is 1. The standard InChI is InChI=1S/C17H22N2S/c1-2-9-19-15(12-14-7-3-4-10-18-14)17-11-13-6-5-8-16(13)20-17/h3-4,7,10-11,15,19H,2,5-6,8-9,12H2,1H3. The SMILES string of the molecule is CCCNC(Cc1ccccn1)c1cc2c(s1)CCC2. The summed E-state index contributed by atoms with van der Waals surface area (Å²) in [5.41, 5.74) is 2.77. The average Bonchev–Trinajstić information content (AvgIpc) is 3.05. The average molecular weight is 286 g/mol. The van der Waals surface area contributed by atoms with E-state index in [1.165, 1.54) is 36.3 Å². The number of pyridine rings is 1. The Morgan fingerprint density at radius 1 is 1.35 bits per heavy atom. The highest BCUT2D eigenvalue weighted by molar-refractivity contribution is 7.12. The van der Waals surface area contributed by atoms with Gasteiger partial charge in [0.25, 0.3) is 0 Å². The third kappa shape index (κ3) is 3.10. The van der Waals surface area contributed by atoms with Crippen LogP contribution in [0.5, 0.6) is 0 Å². The number of hydrogen-bond donors (Lipinski definition) is 1. The van der Waals surface area contributed by atoms with Gasteiger partial charge in [0, 0.05) is 34.1 Å². The topological polar surface area (TPSA) is 24.9 Å². The van der Waals surface area contributed by atoms with Crippen molar-refractivity contribution < 1.29 is 0 Å². The molecule has 2 nitrogen and oxygen atoms in total. The summed E-state index contributed by atoms with van der Waals surface area (Å²) in [6.45, 7) is 3.29. The molecule has 2 aromatic heterocycles. The molecule has 0 radical (unpaired) electrons. The lowest BCUT2D eigenvalue weighted by Crippen LogP contribution is -2.23. The number of aromatic nitrogens is 1. The molecule has 1 aliphatic carbocycles. The van der Waals surface area contributed by atoms with E-state index in [-0.39, 0.29) is 0 Å². The van der Waals surface area contributed by atoms with E-state index in [0.29, 0.717) is 6.04 Å². The van der Waals surface area contributed by atoms with Gasteiger partial charge in [-0.05, 0) is 56.0 Å². The minimum absolute atomic E-state index is 0.417. The molecule has 0 saturated carbocycles. The van der Waals surface area contributed by atoms with Crippen molar-refractivity contribution in [1.82, 2.24) is 10.3 Å². The first-order valence-corrected chi connectivity index (χ1v) is 8.43. The van der Waals surface area contributed by atoms with Gasteiger partial charge < -0.3 is 5.32 Å². The van der Waals surface area contributed by atoms with Gasteiger partial charge in [-0.25, -0.2) is 0 Å². The smallest absolute Gasteiger partial charge is 0.0471 e. The quantitative estimate of drug-likeness (QED) is 0.870. The summed E-state index contributed by atoms with van der Waals surface area (Å²) >= 11 is 2.01. The first kappa shape index (κ1) is 13.8. The van der Waals surface area contributed by atoms with Crippen LogP contribution < -0.4 is 5.32 Å². The molecule has 1 atom stereocenters. The van der Waals surface area contributed by atoms with Crippen molar-refractivity contribution in [3.63, 3.8) is 0 Å². The molecule has 2 aromatic rings. The van der Waals surface area contributed by atoms with E-state index in [2.05, 4.69) is 35.4 Å². The van der Waals surface area contributed by atoms with Crippen LogP contribution in [0.3, 0.4) is 0 Å². The Morgan fingerprint density at radius 3 is 3.05 bits per heavy atom. The molecule has 106 valence electrons. The highest BCUT2D eigenvalue weighted by Crippen LogP contribution is 2.34. The van der Waals surface area contributed by atoms with Crippen LogP contribution in [-0.4, -0.2) is 11.5 Å². The van der Waals surface area contributed by atoms with E-state index >= 15 is 0 Å². The van der Waals surface area contributed by atoms with E-state index in [1.54, 1.807) is 10.4 Å². The molecule has 3 rings (SSSR count). The molecule has 0 aliphatic heterocycles. The zero-order valence-electron chi connectivity index (χ0n) is 12.1. The van der Waals surface area contributed by atoms with Gasteiger partial charge in [0.2, 0.25) is 0 Å². The number of rotatable bonds is 6. The Kier molecular flexibility index (Phi) is 4.48. The lowest BCUT2D eigenvalue weighted by molar-refractivity contribution is 0.531. The van der Waals surface area contributed by atoms with E-state index in [9.17, 15) is 0 Å². The molecule has 0 saturated heterocycles. The van der Waals surface area contributed by atoms with Crippen LogP contribution in [0.25, 0.3) is 0 Å². The monoisotopic (exact) mass is 286 g/mol. The molecule has 0 fully saturated rings. The molecule has 3 heteroatoms. The Labute approximate surface area is 125 Å². The Hall–Kier alpha value is -1.19. The van der Waals surface area contributed by atoms with E-state index in [1.807, 2.05) is 23.6 Å². The second-order valence-corrected chi connectivity index (χ2v) is 6.65. The molecule has 1 aliphatic rings. The lowest BCUT2D eigenvalue weighted by atomic mass is 10.1. The highest BCUT2D eigenvalue weighted by atomic mass is 32.1. The molecule has 20 heavy (non-hydrogen) atoms. The van der Waals surface area contributed by atoms with Crippen molar-refractivity contribution in [2.45, 2.75) is 45.1 Å². The van der Waals surface area contributed by atoms with Crippen molar-refractivity contribution in [2.75, 3.05) is 6.54 Å². The minimum Gasteiger partial charge on any atom is -0.309 e. The Bertz CT molecular complexity index is 526. The van der Waals surface area contributed by atoms with Gasteiger partial charge in [0.1, 0.15) is 0 Å². The van der Waals surface area contributed by atoms with Gasteiger partial charge >= 0.3 is 0 Å². The van der Waals surface area contributed by atoms with Crippen LogP contribution >= 0.6 is 11.3 Å². The summed E-state index contributed by atoms with van der Waals surface area (Å²) in [6, 6.07) is 9.04. The van der Waals surface area contributed by atoms with Gasteiger partial charge in [-0.1, -0.05) is 13.0 Å². The summed E-state index contributed by atoms with van der Waals surface area (Å²) < 4.78 is 0. The van der Waals surface area contributed by atoms with Gasteiger partial charge in [-0.3, -0.25) is 4.98 Å². The third-order valence-corrected chi connectivity index (χ3v) is 5.24. The van der Waals surface area contributed by atoms with Crippen LogP contribution in [-0.2, 0) is 19.3 Å². The fourth-order valence-corrected chi connectivity index (χ4v) is 4.18. The Balaban J connectivity index is 1.78. The second-order valence-electron chi connectivity index (χ2n) is 5.48. The predicted molar refractivity (Wildman–Crippen MR) is 85.3 cm³/mol. The van der Waals surface area contributed by atoms with Crippen LogP contribution in [0.1, 0.15) is 46.8 Å². The van der Waals surface area contributed by atoms with Crippen molar-refractivity contribution in [2.24, 2.45) is 0 Å². The fourth-order valence-electron chi connectivity index (χ4n) is 2.84. The predicted octanol–water partition coefficient (Wildman–Crippen LogP) is 3.92. The molecular weight excluding hydrogens is 264 g/mol. The lowest BCUT2D eigenvalue weighted by Gasteiger charge is -2.17. The maximum Gasteiger partial charge on any atom is 0.0471 e. The number of nitrogens with zero attached hydrogens (tertiary/aromatic N) is 1. The van der Waals surface area contributed by atoms with E-state index in [0.717, 1.165) is 13.0 Å². The van der Waals surface area contributed by atoms with Crippen LogP contribution in [0.4, 0.5) is 0 Å². The van der Waals surface area contributed by atoms with Crippen molar-refractivity contribution in [1.29, 1.82) is 0 Å². The summed E-state index contributed by atoms with van der Waals surface area (Å²) in [4.78, 5) is 7.59. The third-order valence-electron chi connectivity index (χ3n) is 3.89. The zero-order chi connectivity index (χ0) is 13.8. The second kappa shape index (κ2) is 6.51. The molecule has 0 amide bonds. The molecule has 0 bridgehead atoms. The van der Waals surface area contributed by atoms with Crippen molar-refractivity contribution in [3.8, 4) is 0 Å². The number of fused-ring (bicyclic) bond motifs is 1. The molecule has 1 N–H and O–H groups in total. The summed E-state index contributed by atoms with van der Waals surface area (Å²) in [5.74, 6) is 0. The van der Waals surface area contributed by atoms with Gasteiger partial charge in [-0.2, -0.15) is 0 Å². The summed E-state index contributed by atoms with van der Waals surface area (Å²) in [7, 11) is 0. The first-order valence-electron chi connectivity index (χ1n) is 7.61. The van der Waals surface area contributed by atoms with Crippen LogP contribution in [0.2, 0.25) is 0 Å². The fraction of sp³-hybridized carbons (Fsp3) is 0.471. The number of nitrogens with one attached hydrogen (secondary N) is 1. The van der Waals surface area contributed by atoms with Gasteiger partial charge in [0.05, 0.1) is 0 Å². The molecular formula is C17H22N2S. The molecule has 0 aromatic carbocycles. The Morgan fingerprint density at radius 2 is 2.30 bits per heavy atom. The van der Waals surface area contributed by atoms with E-state index < -0.39 is 0 Å². The number of hydrogen-bond acceptors (Lipinski definition) is 3. The van der Waals surface area contributed by atoms with Crippen molar-refractivity contribution in [3.05, 3.63) is 51.5 Å². The van der Waals surface area contributed by atoms with Crippen molar-refractivity contribution >= 4 is 11.3 Å². The normalized spacial score (nSPS) is 15.2. The largest absolute Gasteiger partial charge is 0.309 e.